The molecule has 0 saturated carbocycles. The molecule has 28 heavy (non-hydrogen) atoms. The third kappa shape index (κ3) is 3.61. The van der Waals surface area contributed by atoms with Gasteiger partial charge in [-0.3, -0.25) is 0 Å². The molecule has 0 amide bonds. The maximum absolute atomic E-state index is 6.35. The Hall–Kier alpha value is -2.82. The van der Waals surface area contributed by atoms with Crippen LogP contribution in [0.2, 0.25) is 0 Å². The minimum atomic E-state index is -0.874. The summed E-state index contributed by atoms with van der Waals surface area (Å²) in [6.07, 6.45) is 0.392. The summed E-state index contributed by atoms with van der Waals surface area (Å²) < 4.78 is 24.0. The number of ether oxygens (including phenoxy) is 4. The molecule has 0 aliphatic carbocycles. The van der Waals surface area contributed by atoms with Gasteiger partial charge in [0.05, 0.1) is 6.10 Å². The molecule has 1 aliphatic rings. The van der Waals surface area contributed by atoms with E-state index in [1.807, 2.05) is 78.9 Å². The van der Waals surface area contributed by atoms with Crippen LogP contribution in [0.3, 0.4) is 0 Å². The van der Waals surface area contributed by atoms with Crippen LogP contribution >= 0.6 is 0 Å². The Labute approximate surface area is 165 Å². The Morgan fingerprint density at radius 3 is 2.32 bits per heavy atom. The molecule has 1 heterocycles. The molecular weight excluding hydrogens is 352 g/mol. The van der Waals surface area contributed by atoms with Crippen LogP contribution in [-0.2, 0) is 21.9 Å². The van der Waals surface area contributed by atoms with Crippen LogP contribution in [0.25, 0.3) is 0 Å². The van der Waals surface area contributed by atoms with Gasteiger partial charge < -0.3 is 18.9 Å². The van der Waals surface area contributed by atoms with Gasteiger partial charge in [-0.15, -0.1) is 0 Å². The van der Waals surface area contributed by atoms with Crippen molar-refractivity contribution in [1.29, 1.82) is 0 Å². The zero-order valence-electron chi connectivity index (χ0n) is 16.1. The van der Waals surface area contributed by atoms with E-state index in [4.69, 9.17) is 18.9 Å². The number of methoxy groups -OCH3 is 2. The molecule has 1 aliphatic heterocycles. The van der Waals surface area contributed by atoms with Crippen molar-refractivity contribution in [3.63, 3.8) is 0 Å². The topological polar surface area (TPSA) is 36.9 Å². The van der Waals surface area contributed by atoms with Crippen molar-refractivity contribution in [3.05, 3.63) is 95.6 Å². The van der Waals surface area contributed by atoms with Gasteiger partial charge in [0.25, 0.3) is 0 Å². The molecule has 0 saturated heterocycles. The monoisotopic (exact) mass is 376 g/mol. The van der Waals surface area contributed by atoms with Crippen molar-refractivity contribution in [2.24, 2.45) is 0 Å². The van der Waals surface area contributed by atoms with Crippen molar-refractivity contribution in [2.45, 2.75) is 24.9 Å². The van der Waals surface area contributed by atoms with Crippen LogP contribution in [-0.4, -0.2) is 14.2 Å². The Balaban J connectivity index is 1.60. The lowest BCUT2D eigenvalue weighted by Gasteiger charge is -2.40. The van der Waals surface area contributed by atoms with Crippen molar-refractivity contribution in [2.75, 3.05) is 14.2 Å². The van der Waals surface area contributed by atoms with Crippen molar-refractivity contribution in [3.8, 4) is 11.5 Å². The van der Waals surface area contributed by atoms with Crippen LogP contribution in [0.4, 0.5) is 0 Å². The van der Waals surface area contributed by atoms with Gasteiger partial charge in [-0.1, -0.05) is 60.7 Å². The fourth-order valence-corrected chi connectivity index (χ4v) is 3.60. The third-order valence-electron chi connectivity index (χ3n) is 5.13. The summed E-state index contributed by atoms with van der Waals surface area (Å²) in [6.45, 7) is 0.518. The number of benzene rings is 3. The van der Waals surface area contributed by atoms with E-state index in [2.05, 4.69) is 0 Å². The van der Waals surface area contributed by atoms with Gasteiger partial charge in [-0.25, -0.2) is 0 Å². The average molecular weight is 376 g/mol. The van der Waals surface area contributed by atoms with Gasteiger partial charge in [0.15, 0.2) is 0 Å². The SMILES string of the molecule is COC1CC(OC)(c2ccccc2)Oc2ccc(OCc3ccccc3)cc21. The van der Waals surface area contributed by atoms with Gasteiger partial charge in [0, 0.05) is 31.8 Å². The van der Waals surface area contributed by atoms with E-state index in [0.29, 0.717) is 13.0 Å². The molecule has 3 aromatic carbocycles. The van der Waals surface area contributed by atoms with Gasteiger partial charge in [-0.2, -0.15) is 0 Å². The first-order chi connectivity index (χ1) is 13.7. The third-order valence-corrected chi connectivity index (χ3v) is 5.13. The molecule has 4 rings (SSSR count). The van der Waals surface area contributed by atoms with Crippen LogP contribution < -0.4 is 9.47 Å². The van der Waals surface area contributed by atoms with E-state index >= 15 is 0 Å². The normalized spacial score (nSPS) is 20.9. The lowest BCUT2D eigenvalue weighted by Crippen LogP contribution is -2.40. The van der Waals surface area contributed by atoms with Gasteiger partial charge in [0.1, 0.15) is 18.1 Å². The smallest absolute Gasteiger partial charge is 0.239 e. The highest BCUT2D eigenvalue weighted by atomic mass is 16.7. The summed E-state index contributed by atoms with van der Waals surface area (Å²) in [4.78, 5) is 0. The zero-order chi connectivity index (χ0) is 19.4. The van der Waals surface area contributed by atoms with Crippen LogP contribution in [0.1, 0.15) is 29.2 Å². The lowest BCUT2D eigenvalue weighted by molar-refractivity contribution is -0.206. The summed E-state index contributed by atoms with van der Waals surface area (Å²) >= 11 is 0. The molecule has 2 unspecified atom stereocenters. The van der Waals surface area contributed by atoms with Crippen LogP contribution in [0.5, 0.6) is 11.5 Å². The molecular formula is C24H24O4. The summed E-state index contributed by atoms with van der Waals surface area (Å²) in [7, 11) is 3.38. The summed E-state index contributed by atoms with van der Waals surface area (Å²) in [5.74, 6) is 0.662. The molecule has 0 radical (unpaired) electrons. The first-order valence-corrected chi connectivity index (χ1v) is 9.37. The van der Waals surface area contributed by atoms with E-state index in [1.165, 1.54) is 0 Å². The maximum Gasteiger partial charge on any atom is 0.239 e. The molecule has 0 N–H and O–H groups in total. The van der Waals surface area contributed by atoms with Crippen molar-refractivity contribution >= 4 is 0 Å². The second-order valence-electron chi connectivity index (χ2n) is 6.83. The number of hydrogen-bond donors (Lipinski definition) is 0. The molecule has 4 nitrogen and oxygen atoms in total. The lowest BCUT2D eigenvalue weighted by atomic mass is 9.91. The molecule has 144 valence electrons. The van der Waals surface area contributed by atoms with Crippen LogP contribution in [0.15, 0.2) is 78.9 Å². The van der Waals surface area contributed by atoms with E-state index in [9.17, 15) is 0 Å². The first-order valence-electron chi connectivity index (χ1n) is 9.37. The molecule has 0 bridgehead atoms. The minimum Gasteiger partial charge on any atom is -0.489 e. The fraction of sp³-hybridized carbons (Fsp3) is 0.250. The Kier molecular flexibility index (Phi) is 5.33. The highest BCUT2D eigenvalue weighted by Gasteiger charge is 2.43. The number of hydrogen-bond acceptors (Lipinski definition) is 4. The average Bonchev–Trinajstić information content (AvgIpc) is 2.78. The largest absolute Gasteiger partial charge is 0.489 e. The van der Waals surface area contributed by atoms with E-state index in [0.717, 1.165) is 28.2 Å². The molecule has 0 aromatic heterocycles. The van der Waals surface area contributed by atoms with Crippen molar-refractivity contribution < 1.29 is 18.9 Å². The summed E-state index contributed by atoms with van der Waals surface area (Å²) in [6, 6.07) is 25.9. The zero-order valence-corrected chi connectivity index (χ0v) is 16.1. The van der Waals surface area contributed by atoms with Gasteiger partial charge in [0.2, 0.25) is 5.79 Å². The molecule has 4 heteroatoms. The first kappa shape index (κ1) is 18.5. The second kappa shape index (κ2) is 8.05. The predicted octanol–water partition coefficient (Wildman–Crippen LogP) is 5.24. The Morgan fingerprint density at radius 2 is 1.64 bits per heavy atom. The summed E-state index contributed by atoms with van der Waals surface area (Å²) in [5.41, 5.74) is 3.06. The highest BCUT2D eigenvalue weighted by molar-refractivity contribution is 5.44. The molecule has 2 atom stereocenters. The number of fused-ring (bicyclic) bond motifs is 1. The van der Waals surface area contributed by atoms with Gasteiger partial charge in [-0.05, 0) is 23.8 Å². The fourth-order valence-electron chi connectivity index (χ4n) is 3.60. The summed E-state index contributed by atoms with van der Waals surface area (Å²) in [5, 5.41) is 0. The molecule has 0 spiro atoms. The standard InChI is InChI=1S/C24H24O4/c1-25-23-16-24(26-2,19-11-7-4-8-12-19)28-22-14-13-20(15-21(22)23)27-17-18-9-5-3-6-10-18/h3-15,23H,16-17H2,1-2H3. The maximum atomic E-state index is 6.35. The predicted molar refractivity (Wildman–Crippen MR) is 107 cm³/mol. The van der Waals surface area contributed by atoms with E-state index in [1.54, 1.807) is 14.2 Å². The number of rotatable bonds is 6. The minimum absolute atomic E-state index is 0.163. The highest BCUT2D eigenvalue weighted by Crippen LogP contribution is 2.47. The van der Waals surface area contributed by atoms with Gasteiger partial charge >= 0.3 is 0 Å². The van der Waals surface area contributed by atoms with E-state index < -0.39 is 5.79 Å². The quantitative estimate of drug-likeness (QED) is 0.590. The Morgan fingerprint density at radius 1 is 0.929 bits per heavy atom. The molecule has 3 aromatic rings. The Bertz CT molecular complexity index is 910. The van der Waals surface area contributed by atoms with Crippen LogP contribution in [0, 0.1) is 0 Å². The van der Waals surface area contributed by atoms with Crippen molar-refractivity contribution in [1.82, 2.24) is 0 Å². The second-order valence-corrected chi connectivity index (χ2v) is 6.83. The molecule has 0 fully saturated rings. The van der Waals surface area contributed by atoms with E-state index in [-0.39, 0.29) is 6.10 Å².